The van der Waals surface area contributed by atoms with Crippen molar-refractivity contribution >= 4 is 21.6 Å². The lowest BCUT2D eigenvalue weighted by molar-refractivity contribution is -0.137. The molecule has 2 nitrogen and oxygen atoms in total. The van der Waals surface area contributed by atoms with Crippen LogP contribution in [0.2, 0.25) is 0 Å². The second kappa shape index (κ2) is 5.61. The van der Waals surface area contributed by atoms with Crippen LogP contribution in [0.1, 0.15) is 11.1 Å². The van der Waals surface area contributed by atoms with E-state index in [1.54, 1.807) is 24.5 Å². The highest BCUT2D eigenvalue weighted by Gasteiger charge is 2.33. The van der Waals surface area contributed by atoms with Gasteiger partial charge in [-0.2, -0.15) is 13.2 Å². The third-order valence-corrected chi connectivity index (χ3v) is 2.99. The summed E-state index contributed by atoms with van der Waals surface area (Å²) in [5.74, 6) is 0. The van der Waals surface area contributed by atoms with E-state index in [9.17, 15) is 13.2 Å². The van der Waals surface area contributed by atoms with Gasteiger partial charge in [0.05, 0.1) is 5.56 Å². The van der Waals surface area contributed by atoms with Gasteiger partial charge in [-0.15, -0.1) is 0 Å². The van der Waals surface area contributed by atoms with Gasteiger partial charge in [0.2, 0.25) is 0 Å². The molecule has 0 aliphatic heterocycles. The first kappa shape index (κ1) is 13.9. The molecule has 2 rings (SSSR count). The highest BCUT2D eigenvalue weighted by molar-refractivity contribution is 9.10. The van der Waals surface area contributed by atoms with E-state index >= 15 is 0 Å². The molecule has 0 bridgehead atoms. The van der Waals surface area contributed by atoms with E-state index in [0.29, 0.717) is 4.47 Å². The van der Waals surface area contributed by atoms with Gasteiger partial charge in [0.25, 0.3) is 0 Å². The van der Waals surface area contributed by atoms with Crippen molar-refractivity contribution in [3.8, 4) is 0 Å². The number of benzene rings is 1. The van der Waals surface area contributed by atoms with Gasteiger partial charge in [-0.1, -0.05) is 22.0 Å². The van der Waals surface area contributed by atoms with E-state index < -0.39 is 11.7 Å². The van der Waals surface area contributed by atoms with Crippen molar-refractivity contribution in [2.45, 2.75) is 12.7 Å². The molecular weight excluding hydrogens is 321 g/mol. The molecule has 0 fully saturated rings. The molecule has 1 N–H and O–H groups in total. The van der Waals surface area contributed by atoms with Gasteiger partial charge >= 0.3 is 6.18 Å². The Hall–Kier alpha value is -1.56. The minimum atomic E-state index is -4.38. The van der Waals surface area contributed by atoms with E-state index in [4.69, 9.17) is 0 Å². The fourth-order valence-corrected chi connectivity index (χ4v) is 1.97. The van der Waals surface area contributed by atoms with Crippen LogP contribution in [0.5, 0.6) is 0 Å². The number of pyridine rings is 1. The number of halogens is 4. The van der Waals surface area contributed by atoms with E-state index in [1.165, 1.54) is 12.1 Å². The smallest absolute Gasteiger partial charge is 0.380 e. The van der Waals surface area contributed by atoms with Gasteiger partial charge in [-0.3, -0.25) is 4.98 Å². The van der Waals surface area contributed by atoms with Gasteiger partial charge in [0.1, 0.15) is 0 Å². The van der Waals surface area contributed by atoms with Crippen molar-refractivity contribution in [2.24, 2.45) is 0 Å². The number of hydrogen-bond acceptors (Lipinski definition) is 2. The number of aromatic nitrogens is 1. The number of alkyl halides is 3. The average molecular weight is 331 g/mol. The summed E-state index contributed by atoms with van der Waals surface area (Å²) in [6, 6.07) is 7.38. The van der Waals surface area contributed by atoms with Crippen molar-refractivity contribution < 1.29 is 13.2 Å². The van der Waals surface area contributed by atoms with Gasteiger partial charge < -0.3 is 5.32 Å². The van der Waals surface area contributed by atoms with Gasteiger partial charge in [-0.05, 0) is 29.8 Å². The molecule has 0 spiro atoms. The lowest BCUT2D eigenvalue weighted by atomic mass is 10.1. The molecule has 100 valence electrons. The predicted molar refractivity (Wildman–Crippen MR) is 70.7 cm³/mol. The van der Waals surface area contributed by atoms with Crippen LogP contribution in [0.15, 0.2) is 47.2 Å². The van der Waals surface area contributed by atoms with Crippen LogP contribution in [0, 0.1) is 0 Å². The summed E-state index contributed by atoms with van der Waals surface area (Å²) in [4.78, 5) is 3.91. The first-order chi connectivity index (χ1) is 8.97. The maximum atomic E-state index is 12.8. The number of hydrogen-bond donors (Lipinski definition) is 1. The Balaban J connectivity index is 2.22. The lowest BCUT2D eigenvalue weighted by Crippen LogP contribution is -2.10. The highest BCUT2D eigenvalue weighted by Crippen LogP contribution is 2.36. The Labute approximate surface area is 116 Å². The third-order valence-electron chi connectivity index (χ3n) is 2.49. The molecule has 0 amide bonds. The van der Waals surface area contributed by atoms with Crippen molar-refractivity contribution in [3.63, 3.8) is 0 Å². The predicted octanol–water partition coefficient (Wildman–Crippen LogP) is 4.48. The maximum Gasteiger partial charge on any atom is 0.418 e. The van der Waals surface area contributed by atoms with Gasteiger partial charge in [0.15, 0.2) is 0 Å². The summed E-state index contributed by atoms with van der Waals surface area (Å²) in [5, 5.41) is 2.79. The second-order valence-corrected chi connectivity index (χ2v) is 4.82. The van der Waals surface area contributed by atoms with Crippen molar-refractivity contribution in [2.75, 3.05) is 5.32 Å². The number of nitrogens with zero attached hydrogens (tertiary/aromatic N) is 1. The molecule has 1 aromatic heterocycles. The molecule has 1 heterocycles. The quantitative estimate of drug-likeness (QED) is 0.897. The molecule has 2 aromatic rings. The van der Waals surface area contributed by atoms with E-state index in [-0.39, 0.29) is 12.2 Å². The molecule has 0 saturated carbocycles. The van der Waals surface area contributed by atoms with Crippen molar-refractivity contribution in [1.29, 1.82) is 0 Å². The number of nitrogens with one attached hydrogen (secondary N) is 1. The molecule has 0 aliphatic carbocycles. The first-order valence-corrected chi connectivity index (χ1v) is 6.25. The second-order valence-electron chi connectivity index (χ2n) is 3.90. The zero-order valence-corrected chi connectivity index (χ0v) is 11.3. The molecule has 0 aliphatic rings. The minimum absolute atomic E-state index is 0.0470. The summed E-state index contributed by atoms with van der Waals surface area (Å²) in [6.45, 7) is 0.285. The van der Waals surface area contributed by atoms with E-state index in [2.05, 4.69) is 26.2 Å². The molecule has 0 atom stereocenters. The normalized spacial score (nSPS) is 11.4. The zero-order valence-electron chi connectivity index (χ0n) is 9.71. The zero-order chi connectivity index (χ0) is 13.9. The summed E-state index contributed by atoms with van der Waals surface area (Å²) in [7, 11) is 0. The largest absolute Gasteiger partial charge is 0.418 e. The molecule has 1 aromatic carbocycles. The third kappa shape index (κ3) is 3.70. The number of rotatable bonds is 3. The van der Waals surface area contributed by atoms with Crippen LogP contribution in [0.25, 0.3) is 0 Å². The fourth-order valence-electron chi connectivity index (χ4n) is 1.61. The van der Waals surface area contributed by atoms with E-state index in [1.807, 2.05) is 0 Å². The highest BCUT2D eigenvalue weighted by atomic mass is 79.9. The standard InChI is InChI=1S/C13H10BrF3N2/c14-10-3-4-11(13(15,16)17)12(6-10)19-8-9-2-1-5-18-7-9/h1-7,19H,8H2. The summed E-state index contributed by atoms with van der Waals surface area (Å²) in [5.41, 5.74) is 0.181. The van der Waals surface area contributed by atoms with Crippen LogP contribution in [-0.2, 0) is 12.7 Å². The Morgan fingerprint density at radius 1 is 1.21 bits per heavy atom. The summed E-state index contributed by atoms with van der Waals surface area (Å²) in [6.07, 6.45) is -1.15. The molecule has 0 unspecified atom stereocenters. The molecule has 19 heavy (non-hydrogen) atoms. The van der Waals surface area contributed by atoms with Crippen LogP contribution < -0.4 is 5.32 Å². The SMILES string of the molecule is FC(F)(F)c1ccc(Br)cc1NCc1cccnc1. The average Bonchev–Trinajstić information content (AvgIpc) is 2.36. The number of anilines is 1. The van der Waals surface area contributed by atoms with E-state index in [0.717, 1.165) is 11.6 Å². The van der Waals surface area contributed by atoms with Gasteiger partial charge in [0, 0.05) is 29.1 Å². The summed E-state index contributed by atoms with van der Waals surface area (Å²) >= 11 is 3.17. The van der Waals surface area contributed by atoms with Crippen molar-refractivity contribution in [3.05, 3.63) is 58.3 Å². The topological polar surface area (TPSA) is 24.9 Å². The van der Waals surface area contributed by atoms with Crippen LogP contribution in [-0.4, -0.2) is 4.98 Å². The molecular formula is C13H10BrF3N2. The Bertz CT molecular complexity index is 556. The van der Waals surface area contributed by atoms with Crippen molar-refractivity contribution in [1.82, 2.24) is 4.98 Å². The molecule has 6 heteroatoms. The summed E-state index contributed by atoms with van der Waals surface area (Å²) < 4.78 is 39.1. The Morgan fingerprint density at radius 2 is 2.00 bits per heavy atom. The Morgan fingerprint density at radius 3 is 2.63 bits per heavy atom. The fraction of sp³-hybridized carbons (Fsp3) is 0.154. The van der Waals surface area contributed by atoms with Crippen LogP contribution >= 0.6 is 15.9 Å². The Kier molecular flexibility index (Phi) is 4.09. The maximum absolute atomic E-state index is 12.8. The molecule has 0 saturated heterocycles. The van der Waals surface area contributed by atoms with Crippen LogP contribution in [0.3, 0.4) is 0 Å². The van der Waals surface area contributed by atoms with Gasteiger partial charge in [-0.25, -0.2) is 0 Å². The molecule has 0 radical (unpaired) electrons. The lowest BCUT2D eigenvalue weighted by Gasteiger charge is -2.15. The first-order valence-electron chi connectivity index (χ1n) is 5.46. The monoisotopic (exact) mass is 330 g/mol. The minimum Gasteiger partial charge on any atom is -0.380 e. The van der Waals surface area contributed by atoms with Crippen LogP contribution in [0.4, 0.5) is 18.9 Å².